The number of benzene rings is 1. The predicted molar refractivity (Wildman–Crippen MR) is 206 cm³/mol. The first kappa shape index (κ1) is 42.0. The fourth-order valence-electron chi connectivity index (χ4n) is 5.41. The van der Waals surface area contributed by atoms with Gasteiger partial charge in [0.05, 0.1) is 29.7 Å². The van der Waals surface area contributed by atoms with Crippen molar-refractivity contribution in [2.75, 3.05) is 31.4 Å². The average Bonchev–Trinajstić information content (AvgIpc) is 3.69. The number of carbonyl (C=O) groups is 1. The molecular weight excluding hydrogens is 807 g/mol. The maximum atomic E-state index is 14.0. The summed E-state index contributed by atoms with van der Waals surface area (Å²) in [5.41, 5.74) is -0.273. The Balaban J connectivity index is 1.15. The van der Waals surface area contributed by atoms with Crippen LogP contribution in [0.2, 0.25) is 0 Å². The highest BCUT2D eigenvalue weighted by atomic mass is 79.9. The van der Waals surface area contributed by atoms with Gasteiger partial charge in [0.2, 0.25) is 5.95 Å². The van der Waals surface area contributed by atoms with Crippen LogP contribution in [-0.2, 0) is 37.5 Å². The third-order valence-corrected chi connectivity index (χ3v) is 11.2. The van der Waals surface area contributed by atoms with Crippen LogP contribution in [0.25, 0.3) is 0 Å². The summed E-state index contributed by atoms with van der Waals surface area (Å²) in [4.78, 5) is 24.4. The molecule has 1 saturated heterocycles. The highest BCUT2D eigenvalue weighted by Gasteiger charge is 2.52. The highest BCUT2D eigenvalue weighted by Crippen LogP contribution is 2.38. The molecule has 2 atom stereocenters. The molecule has 0 radical (unpaired) electrons. The highest BCUT2D eigenvalue weighted by molar-refractivity contribution is 9.10. The number of hydrogen-bond donors (Lipinski definition) is 3. The van der Waals surface area contributed by atoms with Crippen LogP contribution in [0.5, 0.6) is 5.75 Å². The molecule has 1 aromatic carbocycles. The van der Waals surface area contributed by atoms with Gasteiger partial charge in [0.25, 0.3) is 5.91 Å². The molecule has 294 valence electrons. The van der Waals surface area contributed by atoms with Gasteiger partial charge in [-0.2, -0.15) is 23.3 Å². The van der Waals surface area contributed by atoms with Crippen molar-refractivity contribution in [3.05, 3.63) is 70.3 Å². The number of halogens is 4. The van der Waals surface area contributed by atoms with Crippen molar-refractivity contribution in [3.63, 3.8) is 0 Å². The van der Waals surface area contributed by atoms with E-state index in [1.165, 1.54) is 26.3 Å². The Bertz CT molecular complexity index is 2000. The molecule has 0 aliphatic carbocycles. The van der Waals surface area contributed by atoms with Gasteiger partial charge in [-0.05, 0) is 97.8 Å². The third-order valence-electron chi connectivity index (χ3n) is 9.30. The van der Waals surface area contributed by atoms with E-state index in [1.54, 1.807) is 23.0 Å². The molecule has 14 nitrogen and oxygen atoms in total. The summed E-state index contributed by atoms with van der Waals surface area (Å²) in [6.45, 7) is 10.7. The minimum absolute atomic E-state index is 0.00331. The van der Waals surface area contributed by atoms with E-state index in [4.69, 9.17) is 18.6 Å². The molecule has 3 aromatic heterocycles. The lowest BCUT2D eigenvalue weighted by Crippen LogP contribution is -2.41. The Labute approximate surface area is 326 Å². The molecule has 3 N–H and O–H groups in total. The zero-order chi connectivity index (χ0) is 40.1. The van der Waals surface area contributed by atoms with Crippen LogP contribution in [-0.4, -0.2) is 75.4 Å². The number of aromatic nitrogens is 5. The fraction of sp³-hybridized carbons (Fsp3) is 0.457. The quantitative estimate of drug-likeness (QED) is 0.0452. The van der Waals surface area contributed by atoms with Crippen LogP contribution in [0.15, 0.2) is 53.5 Å². The molecule has 1 aliphatic rings. The van der Waals surface area contributed by atoms with E-state index in [-0.39, 0.29) is 23.0 Å². The van der Waals surface area contributed by atoms with Gasteiger partial charge in [-0.15, -0.1) is 4.52 Å². The van der Waals surface area contributed by atoms with E-state index in [2.05, 4.69) is 51.9 Å². The van der Waals surface area contributed by atoms with Crippen LogP contribution in [0, 0.1) is 0 Å². The Morgan fingerprint density at radius 3 is 2.45 bits per heavy atom. The number of hydrogen-bond acceptors (Lipinski definition) is 12. The molecule has 55 heavy (non-hydrogen) atoms. The van der Waals surface area contributed by atoms with E-state index in [0.29, 0.717) is 54.7 Å². The zero-order valence-electron chi connectivity index (χ0n) is 31.5. The monoisotopic (exact) mass is 849 g/mol. The largest absolute Gasteiger partial charge is 0.510 e. The molecule has 0 bridgehead atoms. The van der Waals surface area contributed by atoms with Gasteiger partial charge in [-0.25, -0.2) is 9.97 Å². The average molecular weight is 850 g/mol. The lowest BCUT2D eigenvalue weighted by Gasteiger charge is -2.32. The first-order chi connectivity index (χ1) is 25.9. The number of carbonyl (C=O) groups excluding carboxylic acids is 1. The number of methoxy groups -OCH3 is 1. The first-order valence-electron chi connectivity index (χ1n) is 17.4. The normalized spacial score (nSPS) is 15.8. The van der Waals surface area contributed by atoms with Gasteiger partial charge in [-0.1, -0.05) is 6.07 Å². The molecule has 2 unspecified atom stereocenters. The van der Waals surface area contributed by atoms with Crippen molar-refractivity contribution >= 4 is 65.6 Å². The number of nitrogens with one attached hydrogen (secondary N) is 3. The summed E-state index contributed by atoms with van der Waals surface area (Å²) in [5, 5.41) is 12.3. The van der Waals surface area contributed by atoms with E-state index in [9.17, 15) is 22.5 Å². The Kier molecular flexibility index (Phi) is 13.2. The molecule has 20 heteroatoms. The number of anilines is 4. The van der Waals surface area contributed by atoms with Crippen LogP contribution in [0.4, 0.5) is 36.3 Å². The van der Waals surface area contributed by atoms with Gasteiger partial charge in [0.1, 0.15) is 28.3 Å². The summed E-state index contributed by atoms with van der Waals surface area (Å²) in [7, 11) is 0.418. The van der Waals surface area contributed by atoms with Crippen molar-refractivity contribution in [1.29, 1.82) is 0 Å². The molecule has 1 aliphatic heterocycles. The van der Waals surface area contributed by atoms with Crippen LogP contribution >= 0.6 is 24.0 Å². The van der Waals surface area contributed by atoms with Crippen molar-refractivity contribution in [3.8, 4) is 5.75 Å². The molecule has 4 heterocycles. The van der Waals surface area contributed by atoms with Crippen molar-refractivity contribution in [2.45, 2.75) is 83.5 Å². The predicted octanol–water partition coefficient (Wildman–Crippen LogP) is 7.17. The number of aryl methyl sites for hydroxylation is 2. The molecule has 4 aromatic rings. The standard InChI is InChI=1S/C35H42BBrF3N8O6P/c1-21(55(50)52-16-8-15-48-20-23(18-43-48)36-53-33(2,3)34(4,5)54-36)9-10-22-11-12-25(27(17-22)51-7)45-32-42-19-24(35(38,39)40)30(47-32)44-26-13-14-28(37)46-29(26)31(49)41-6/h11-14,17-21H,8-10,15-16H2,1-7H3,(H2-,41,42,44,45,47,49)/p+1. The Morgan fingerprint density at radius 1 is 1.07 bits per heavy atom. The minimum Gasteiger partial charge on any atom is -0.495 e. The maximum absolute atomic E-state index is 14.0. The van der Waals surface area contributed by atoms with E-state index in [0.717, 1.165) is 11.0 Å². The summed E-state index contributed by atoms with van der Waals surface area (Å²) in [6, 6.07) is 8.17. The molecule has 0 spiro atoms. The fourth-order valence-corrected chi connectivity index (χ4v) is 6.62. The summed E-state index contributed by atoms with van der Waals surface area (Å²) in [5.74, 6) is -0.968. The molecule has 0 saturated carbocycles. The molecule has 1 fully saturated rings. The second-order valence-electron chi connectivity index (χ2n) is 13.8. The Hall–Kier alpha value is -4.16. The topological polar surface area (TPSA) is 164 Å². The number of ether oxygens (including phenoxy) is 1. The first-order valence-corrected chi connectivity index (χ1v) is 19.5. The Morgan fingerprint density at radius 2 is 1.78 bits per heavy atom. The van der Waals surface area contributed by atoms with Crippen molar-refractivity contribution in [2.24, 2.45) is 0 Å². The number of nitrogens with zero attached hydrogens (tertiary/aromatic N) is 5. The summed E-state index contributed by atoms with van der Waals surface area (Å²) >= 11 is 3.17. The minimum atomic E-state index is -4.80. The van der Waals surface area contributed by atoms with Crippen molar-refractivity contribution in [1.82, 2.24) is 30.0 Å². The van der Waals surface area contributed by atoms with E-state index >= 15 is 0 Å². The maximum Gasteiger partial charge on any atom is 0.510 e. The van der Waals surface area contributed by atoms with Crippen molar-refractivity contribution < 1.29 is 41.1 Å². The third kappa shape index (κ3) is 10.4. The smallest absolute Gasteiger partial charge is 0.495 e. The number of amides is 1. The molecular formula is C35H43BBrF3N8O6P+. The lowest BCUT2D eigenvalue weighted by atomic mass is 9.82. The summed E-state index contributed by atoms with van der Waals surface area (Å²) in [6.07, 6.45) is 1.21. The van der Waals surface area contributed by atoms with E-state index < -0.39 is 49.8 Å². The van der Waals surface area contributed by atoms with Gasteiger partial charge >= 0.3 is 21.3 Å². The van der Waals surface area contributed by atoms with Gasteiger partial charge in [-0.3, -0.25) is 9.48 Å². The van der Waals surface area contributed by atoms with Crippen LogP contribution in [0.1, 0.15) is 69.1 Å². The number of rotatable bonds is 16. The number of alkyl halides is 3. The van der Waals surface area contributed by atoms with Gasteiger partial charge < -0.3 is 30.0 Å². The van der Waals surface area contributed by atoms with Gasteiger partial charge in [0, 0.05) is 44.1 Å². The number of pyridine rings is 1. The van der Waals surface area contributed by atoms with Crippen LogP contribution < -0.4 is 26.2 Å². The summed E-state index contributed by atoms with van der Waals surface area (Å²) < 4.78 is 80.3. The van der Waals surface area contributed by atoms with E-state index in [1.807, 2.05) is 46.9 Å². The molecule has 5 rings (SSSR count). The molecule has 1 amide bonds. The van der Waals surface area contributed by atoms with Crippen LogP contribution in [0.3, 0.4) is 0 Å². The second-order valence-corrected chi connectivity index (χ2v) is 16.4. The zero-order valence-corrected chi connectivity index (χ0v) is 33.9. The van der Waals surface area contributed by atoms with Gasteiger partial charge in [0.15, 0.2) is 11.4 Å². The lowest BCUT2D eigenvalue weighted by molar-refractivity contribution is -0.137. The second kappa shape index (κ2) is 17.3. The SMILES string of the molecule is CNC(=O)c1nc(Br)ccc1Nc1nc(Nc2ccc(CCC(C)[P+](=O)OCCCn3cc(B4OC(C)(C)C(C)(C)O4)cn3)cc2OC)ncc1C(F)(F)F.